The van der Waals surface area contributed by atoms with Crippen molar-refractivity contribution < 1.29 is 4.39 Å². The average molecular weight is 278 g/mol. The van der Waals surface area contributed by atoms with Crippen LogP contribution in [0, 0.1) is 12.7 Å². The maximum atomic E-state index is 13.8. The van der Waals surface area contributed by atoms with Crippen molar-refractivity contribution >= 4 is 0 Å². The standard InChI is InChI=1S/C15H21FN2.C2H6/c1-12-2-3-13(15(16)10-12)11-17-6-8-18(9-7-17)14-4-5-14;1-2/h2-3,10,14H,4-9,11H2,1H3;1-2H3. The normalized spacial score (nSPS) is 20.4. The highest BCUT2D eigenvalue weighted by atomic mass is 19.1. The molecule has 3 heteroatoms. The molecule has 0 aromatic heterocycles. The summed E-state index contributed by atoms with van der Waals surface area (Å²) in [5.74, 6) is -0.0559. The quantitative estimate of drug-likeness (QED) is 0.835. The minimum absolute atomic E-state index is 0.0559. The number of hydrogen-bond donors (Lipinski definition) is 0. The molecule has 0 amide bonds. The fourth-order valence-electron chi connectivity index (χ4n) is 2.75. The van der Waals surface area contributed by atoms with Gasteiger partial charge < -0.3 is 0 Å². The second-order valence-corrected chi connectivity index (χ2v) is 5.64. The Balaban J connectivity index is 0.000000704. The van der Waals surface area contributed by atoms with Crippen molar-refractivity contribution in [2.24, 2.45) is 0 Å². The molecule has 0 radical (unpaired) electrons. The fourth-order valence-corrected chi connectivity index (χ4v) is 2.75. The van der Waals surface area contributed by atoms with Gasteiger partial charge in [-0.25, -0.2) is 4.39 Å². The lowest BCUT2D eigenvalue weighted by atomic mass is 10.1. The summed E-state index contributed by atoms with van der Waals surface area (Å²) in [5.41, 5.74) is 1.83. The maximum Gasteiger partial charge on any atom is 0.127 e. The molecule has 0 spiro atoms. The molecule has 112 valence electrons. The highest BCUT2D eigenvalue weighted by Crippen LogP contribution is 2.27. The van der Waals surface area contributed by atoms with Crippen molar-refractivity contribution in [1.82, 2.24) is 9.80 Å². The number of piperazine rings is 1. The van der Waals surface area contributed by atoms with Crippen LogP contribution >= 0.6 is 0 Å². The van der Waals surface area contributed by atoms with E-state index in [0.29, 0.717) is 0 Å². The lowest BCUT2D eigenvalue weighted by molar-refractivity contribution is 0.120. The van der Waals surface area contributed by atoms with Gasteiger partial charge >= 0.3 is 0 Å². The first-order chi connectivity index (χ1) is 9.72. The van der Waals surface area contributed by atoms with Crippen LogP contribution < -0.4 is 0 Å². The van der Waals surface area contributed by atoms with Crippen molar-refractivity contribution in [2.75, 3.05) is 26.2 Å². The monoisotopic (exact) mass is 278 g/mol. The summed E-state index contributed by atoms with van der Waals surface area (Å²) < 4.78 is 13.8. The van der Waals surface area contributed by atoms with Crippen LogP contribution in [0.4, 0.5) is 4.39 Å². The zero-order valence-electron chi connectivity index (χ0n) is 13.0. The first kappa shape index (κ1) is 15.5. The van der Waals surface area contributed by atoms with E-state index in [0.717, 1.165) is 49.9 Å². The largest absolute Gasteiger partial charge is 0.298 e. The Labute approximate surface area is 122 Å². The van der Waals surface area contributed by atoms with Crippen molar-refractivity contribution in [2.45, 2.75) is 46.2 Å². The molecule has 0 N–H and O–H groups in total. The molecule has 20 heavy (non-hydrogen) atoms. The van der Waals surface area contributed by atoms with Gasteiger partial charge in [-0.1, -0.05) is 26.0 Å². The summed E-state index contributed by atoms with van der Waals surface area (Å²) in [5, 5.41) is 0. The molecule has 0 atom stereocenters. The van der Waals surface area contributed by atoms with Gasteiger partial charge in [-0.3, -0.25) is 9.80 Å². The van der Waals surface area contributed by atoms with Gasteiger partial charge in [-0.05, 0) is 31.4 Å². The smallest absolute Gasteiger partial charge is 0.127 e. The number of benzene rings is 1. The van der Waals surface area contributed by atoms with Gasteiger partial charge in [-0.15, -0.1) is 0 Å². The van der Waals surface area contributed by atoms with Crippen LogP contribution in [0.1, 0.15) is 37.8 Å². The zero-order chi connectivity index (χ0) is 14.5. The van der Waals surface area contributed by atoms with Crippen molar-refractivity contribution in [3.05, 3.63) is 35.1 Å². The molecule has 1 saturated carbocycles. The first-order valence-corrected chi connectivity index (χ1v) is 7.94. The van der Waals surface area contributed by atoms with Crippen molar-refractivity contribution in [1.29, 1.82) is 0 Å². The maximum absolute atomic E-state index is 13.8. The van der Waals surface area contributed by atoms with Gasteiger partial charge in [0.2, 0.25) is 0 Å². The molecular weight excluding hydrogens is 251 g/mol. The second kappa shape index (κ2) is 7.19. The van der Waals surface area contributed by atoms with Crippen molar-refractivity contribution in [3.8, 4) is 0 Å². The molecule has 1 saturated heterocycles. The van der Waals surface area contributed by atoms with E-state index in [1.165, 1.54) is 12.8 Å². The topological polar surface area (TPSA) is 6.48 Å². The SMILES string of the molecule is CC.Cc1ccc(CN2CCN(C3CC3)CC2)c(F)c1. The van der Waals surface area contributed by atoms with Crippen LogP contribution in [0.15, 0.2) is 18.2 Å². The number of halogens is 1. The van der Waals surface area contributed by atoms with Crippen LogP contribution in [0.5, 0.6) is 0 Å². The van der Waals surface area contributed by atoms with E-state index < -0.39 is 0 Å². The third-order valence-electron chi connectivity index (χ3n) is 4.07. The Morgan fingerprint density at radius 1 is 1.10 bits per heavy atom. The molecule has 2 nitrogen and oxygen atoms in total. The number of rotatable bonds is 3. The first-order valence-electron chi connectivity index (χ1n) is 7.94. The van der Waals surface area contributed by atoms with Crippen LogP contribution in [0.25, 0.3) is 0 Å². The summed E-state index contributed by atoms with van der Waals surface area (Å²) in [4.78, 5) is 4.95. The minimum atomic E-state index is -0.0559. The van der Waals surface area contributed by atoms with E-state index in [9.17, 15) is 4.39 Å². The van der Waals surface area contributed by atoms with Gasteiger partial charge in [0.05, 0.1) is 0 Å². The molecule has 2 aliphatic rings. The Bertz CT molecular complexity index is 421. The zero-order valence-corrected chi connectivity index (χ0v) is 13.0. The van der Waals surface area contributed by atoms with Crippen molar-refractivity contribution in [3.63, 3.8) is 0 Å². The molecule has 3 rings (SSSR count). The lowest BCUT2D eigenvalue weighted by Gasteiger charge is -2.34. The molecule has 1 aliphatic carbocycles. The van der Waals surface area contributed by atoms with E-state index in [2.05, 4.69) is 9.80 Å². The van der Waals surface area contributed by atoms with Crippen LogP contribution in [0.2, 0.25) is 0 Å². The third kappa shape index (κ3) is 4.03. The minimum Gasteiger partial charge on any atom is -0.298 e. The fraction of sp³-hybridized carbons (Fsp3) is 0.647. The second-order valence-electron chi connectivity index (χ2n) is 5.64. The molecule has 0 unspecified atom stereocenters. The van der Waals surface area contributed by atoms with Gasteiger partial charge in [0.1, 0.15) is 5.82 Å². The summed E-state index contributed by atoms with van der Waals surface area (Å²) in [7, 11) is 0. The third-order valence-corrected chi connectivity index (χ3v) is 4.07. The van der Waals surface area contributed by atoms with Gasteiger partial charge in [0, 0.05) is 44.3 Å². The van der Waals surface area contributed by atoms with E-state index in [1.54, 1.807) is 6.07 Å². The van der Waals surface area contributed by atoms with Crippen LogP contribution in [-0.2, 0) is 6.54 Å². The number of aryl methyl sites for hydroxylation is 1. The summed E-state index contributed by atoms with van der Waals surface area (Å²) in [6.07, 6.45) is 2.76. The molecule has 1 aromatic carbocycles. The van der Waals surface area contributed by atoms with Gasteiger partial charge in [0.25, 0.3) is 0 Å². The summed E-state index contributed by atoms with van der Waals surface area (Å²) >= 11 is 0. The van der Waals surface area contributed by atoms with Crippen LogP contribution in [0.3, 0.4) is 0 Å². The highest BCUT2D eigenvalue weighted by Gasteiger charge is 2.31. The molecule has 0 bridgehead atoms. The van der Waals surface area contributed by atoms with E-state index in [1.807, 2.05) is 32.9 Å². The summed E-state index contributed by atoms with van der Waals surface area (Å²) in [6, 6.07) is 6.43. The predicted molar refractivity (Wildman–Crippen MR) is 82.4 cm³/mol. The predicted octanol–water partition coefficient (Wildman–Crippen LogP) is 3.44. The Morgan fingerprint density at radius 2 is 1.75 bits per heavy atom. The average Bonchev–Trinajstić information content (AvgIpc) is 3.30. The van der Waals surface area contributed by atoms with E-state index in [-0.39, 0.29) is 5.82 Å². The van der Waals surface area contributed by atoms with Crippen LogP contribution in [-0.4, -0.2) is 42.0 Å². The Morgan fingerprint density at radius 3 is 2.30 bits per heavy atom. The Hall–Kier alpha value is -0.930. The van der Waals surface area contributed by atoms with E-state index >= 15 is 0 Å². The molecule has 1 aromatic rings. The molecular formula is C17H27FN2. The Kier molecular flexibility index (Phi) is 5.55. The molecule has 1 aliphatic heterocycles. The molecule has 2 fully saturated rings. The van der Waals surface area contributed by atoms with Gasteiger partial charge in [0.15, 0.2) is 0 Å². The highest BCUT2D eigenvalue weighted by molar-refractivity contribution is 5.23. The lowest BCUT2D eigenvalue weighted by Crippen LogP contribution is -2.46. The van der Waals surface area contributed by atoms with Gasteiger partial charge in [-0.2, -0.15) is 0 Å². The van der Waals surface area contributed by atoms with E-state index in [4.69, 9.17) is 0 Å². The number of nitrogens with zero attached hydrogens (tertiary/aromatic N) is 2. The molecule has 1 heterocycles. The summed E-state index contributed by atoms with van der Waals surface area (Å²) in [6.45, 7) is 11.1. The number of hydrogen-bond acceptors (Lipinski definition) is 2.